The van der Waals surface area contributed by atoms with Crippen LogP contribution in [0.5, 0.6) is 0 Å². The highest BCUT2D eigenvalue weighted by Gasteiger charge is 2.51. The molecule has 1 aromatic heterocycles. The normalized spacial score (nSPS) is 16.8. The Balaban J connectivity index is 0.973. The van der Waals surface area contributed by atoms with Crippen LogP contribution in [0.25, 0.3) is 32.3 Å². The third kappa shape index (κ3) is 8.95. The minimum absolute atomic E-state index is 0.00448. The first-order valence-electron chi connectivity index (χ1n) is 35.9. The van der Waals surface area contributed by atoms with Crippen LogP contribution in [0.4, 0.5) is 68.2 Å². The van der Waals surface area contributed by atoms with E-state index in [-0.39, 0.29) is 35.1 Å². The molecular weight excluding hydrogens is 1200 g/mol. The van der Waals surface area contributed by atoms with Crippen LogP contribution in [0.3, 0.4) is 0 Å². The Morgan fingerprint density at radius 1 is 0.316 bits per heavy atom. The number of fused-ring (bicyclic) bond motifs is 12. The summed E-state index contributed by atoms with van der Waals surface area (Å²) in [6.07, 6.45) is 4.62. The summed E-state index contributed by atoms with van der Waals surface area (Å²) in [5.41, 5.74) is 41.3. The Kier molecular flexibility index (Phi) is 13.3. The third-order valence-corrected chi connectivity index (χ3v) is 25.3. The molecule has 0 amide bonds. The van der Waals surface area contributed by atoms with Crippen molar-refractivity contribution in [2.24, 2.45) is 0 Å². The number of anilines is 12. The quantitative estimate of drug-likeness (QED) is 0.154. The van der Waals surface area contributed by atoms with Gasteiger partial charge in [0.05, 0.1) is 5.69 Å². The standard InChI is InChI=1S/C91H86B2N4S/c1-53-30-35-81-66(44-53)86-87(98-81)93-73-51-72-75(52-76(73)95(63-26-20-17-21-27-63)79-47-61(83-58(6)42-55(3)43-59(83)7)48-80(85(79)93)97(86)65-32-34-68-70(50-65)91(14,15)39-37-89(68,10)11)94(62-24-18-16-19-25-62)77-45-60(82-56(4)40-54(2)41-57(82)5)46-78-84(77)92(72)71-28-22-23-29-74(71)96(78)64-31-33-67-69(49-64)90(12,13)38-36-88(67,8)9/h16-35,40-52H,36-39H2,1-15H3. The highest BCUT2D eigenvalue weighted by atomic mass is 32.1. The summed E-state index contributed by atoms with van der Waals surface area (Å²) in [4.78, 5) is 10.7. The number of aryl methyl sites for hydroxylation is 7. The molecule has 0 radical (unpaired) electrons. The summed E-state index contributed by atoms with van der Waals surface area (Å²) in [6.45, 7) is 35.5. The van der Waals surface area contributed by atoms with E-state index in [0.717, 1.165) is 24.2 Å². The molecule has 7 heteroatoms. The van der Waals surface area contributed by atoms with Crippen LogP contribution in [-0.2, 0) is 21.7 Å². The molecule has 4 aliphatic heterocycles. The molecule has 5 heterocycles. The van der Waals surface area contributed by atoms with Gasteiger partial charge in [0, 0.05) is 77.4 Å². The van der Waals surface area contributed by atoms with E-state index in [9.17, 15) is 0 Å². The van der Waals surface area contributed by atoms with E-state index >= 15 is 0 Å². The van der Waals surface area contributed by atoms with Gasteiger partial charge in [0.1, 0.15) is 0 Å². The molecular formula is C91H86B2N4S. The van der Waals surface area contributed by atoms with Crippen molar-refractivity contribution in [2.45, 2.75) is 151 Å². The summed E-state index contributed by atoms with van der Waals surface area (Å²) in [6, 6.07) is 79.7. The van der Waals surface area contributed by atoms with Gasteiger partial charge in [0.15, 0.2) is 0 Å². The fourth-order valence-electron chi connectivity index (χ4n) is 19.3. The van der Waals surface area contributed by atoms with Crippen LogP contribution in [0.2, 0.25) is 0 Å². The number of rotatable bonds is 6. The maximum absolute atomic E-state index is 2.74. The SMILES string of the molecule is Cc1cc(C)c(-c2cc3c4c(c2)N(c2ccccc2)c2cc5c(cc2B4c2ccccc2N3c2ccc3c(c2)C(C)(C)CCC3(C)C)B2c3sc4ccc(C)cc4c3N(c3ccc4c(c3)C(C)(C)CCC4(C)C)c3cc(-c4c(C)cc(C)cc4C)cc(c32)N5c2ccccc2)c(C)c1. The summed E-state index contributed by atoms with van der Waals surface area (Å²) in [5.74, 6) is 0. The molecule has 0 atom stereocenters. The lowest BCUT2D eigenvalue weighted by Crippen LogP contribution is -2.65. The topological polar surface area (TPSA) is 13.0 Å². The fraction of sp³-hybridized carbons (Fsp3) is 0.253. The van der Waals surface area contributed by atoms with Crippen molar-refractivity contribution in [1.82, 2.24) is 0 Å². The van der Waals surface area contributed by atoms with Crippen molar-refractivity contribution in [3.05, 3.63) is 261 Å². The van der Waals surface area contributed by atoms with E-state index in [4.69, 9.17) is 0 Å². The second-order valence-electron chi connectivity index (χ2n) is 32.6. The first-order valence-corrected chi connectivity index (χ1v) is 36.7. The highest BCUT2D eigenvalue weighted by molar-refractivity contribution is 7.33. The first-order chi connectivity index (χ1) is 46.9. The van der Waals surface area contributed by atoms with Crippen molar-refractivity contribution < 1.29 is 0 Å². The zero-order valence-electron chi connectivity index (χ0n) is 59.7. The maximum Gasteiger partial charge on any atom is 0.264 e. The lowest BCUT2D eigenvalue weighted by Gasteiger charge is -2.47. The average Bonchev–Trinajstić information content (AvgIpc) is 1.48. The monoisotopic (exact) mass is 1290 g/mol. The summed E-state index contributed by atoms with van der Waals surface area (Å²) < 4.78 is 2.70. The Bertz CT molecular complexity index is 5370. The number of hydrogen-bond donors (Lipinski definition) is 0. The van der Waals surface area contributed by atoms with Gasteiger partial charge in [0.2, 0.25) is 0 Å². The van der Waals surface area contributed by atoms with Crippen LogP contribution in [0, 0.1) is 48.5 Å². The van der Waals surface area contributed by atoms with Gasteiger partial charge in [-0.3, -0.25) is 0 Å². The molecule has 0 saturated heterocycles. The largest absolute Gasteiger partial charge is 0.311 e. The van der Waals surface area contributed by atoms with E-state index in [0.29, 0.717) is 0 Å². The Hall–Kier alpha value is -9.29. The molecule has 11 aromatic carbocycles. The highest BCUT2D eigenvalue weighted by Crippen LogP contribution is 2.56. The zero-order chi connectivity index (χ0) is 67.5. The first kappa shape index (κ1) is 61.1. The van der Waals surface area contributed by atoms with Gasteiger partial charge in [-0.25, -0.2) is 0 Å². The van der Waals surface area contributed by atoms with E-state index in [1.807, 2.05) is 11.3 Å². The maximum atomic E-state index is 2.74. The van der Waals surface area contributed by atoms with Gasteiger partial charge in [-0.05, 0) is 287 Å². The molecule has 98 heavy (non-hydrogen) atoms. The van der Waals surface area contributed by atoms with Crippen molar-refractivity contribution in [1.29, 1.82) is 0 Å². The molecule has 0 N–H and O–H groups in total. The number of nitrogens with zero attached hydrogens (tertiary/aromatic N) is 4. The zero-order valence-corrected chi connectivity index (χ0v) is 60.5. The molecule has 12 aromatic rings. The molecule has 0 spiro atoms. The Labute approximate surface area is 585 Å². The van der Waals surface area contributed by atoms with Gasteiger partial charge < -0.3 is 19.6 Å². The molecule has 18 rings (SSSR count). The van der Waals surface area contributed by atoms with Crippen LogP contribution in [0.15, 0.2) is 200 Å². The number of hydrogen-bond acceptors (Lipinski definition) is 5. The molecule has 2 aliphatic carbocycles. The predicted octanol–water partition coefficient (Wildman–Crippen LogP) is 21.3. The average molecular weight is 1290 g/mol. The van der Waals surface area contributed by atoms with Crippen molar-refractivity contribution in [3.63, 3.8) is 0 Å². The molecule has 0 fully saturated rings. The molecule has 482 valence electrons. The molecule has 6 aliphatic rings. The summed E-state index contributed by atoms with van der Waals surface area (Å²) in [7, 11) is 0. The van der Waals surface area contributed by atoms with Gasteiger partial charge in [-0.15, -0.1) is 11.3 Å². The van der Waals surface area contributed by atoms with E-state index < -0.39 is 0 Å². The van der Waals surface area contributed by atoms with Crippen LogP contribution in [-0.4, -0.2) is 13.4 Å². The van der Waals surface area contributed by atoms with Gasteiger partial charge >= 0.3 is 0 Å². The lowest BCUT2D eigenvalue weighted by molar-refractivity contribution is 0.332. The minimum atomic E-state index is -0.122. The number of thiophene rings is 1. The molecule has 0 saturated carbocycles. The second kappa shape index (κ2) is 21.4. The van der Waals surface area contributed by atoms with E-state index in [1.54, 1.807) is 0 Å². The molecule has 0 bridgehead atoms. The summed E-state index contributed by atoms with van der Waals surface area (Å²) >= 11 is 2.01. The van der Waals surface area contributed by atoms with Gasteiger partial charge in [-0.2, -0.15) is 0 Å². The number of para-hydroxylation sites is 3. The van der Waals surface area contributed by atoms with Gasteiger partial charge in [0.25, 0.3) is 13.4 Å². The molecule has 4 nitrogen and oxygen atoms in total. The Morgan fingerprint density at radius 3 is 1.23 bits per heavy atom. The van der Waals surface area contributed by atoms with Crippen molar-refractivity contribution >= 4 is 135 Å². The van der Waals surface area contributed by atoms with Crippen LogP contribution >= 0.6 is 11.3 Å². The van der Waals surface area contributed by atoms with Crippen LogP contribution in [0.1, 0.15) is 142 Å². The van der Waals surface area contributed by atoms with Crippen molar-refractivity contribution in [2.75, 3.05) is 19.6 Å². The minimum Gasteiger partial charge on any atom is -0.311 e. The fourth-order valence-corrected chi connectivity index (χ4v) is 20.6. The third-order valence-electron chi connectivity index (χ3n) is 24.1. The Morgan fingerprint density at radius 2 is 0.735 bits per heavy atom. The van der Waals surface area contributed by atoms with Crippen LogP contribution < -0.4 is 51.7 Å². The lowest BCUT2D eigenvalue weighted by atomic mass is 9.31. The molecule has 0 unspecified atom stereocenters. The van der Waals surface area contributed by atoms with E-state index in [1.165, 1.54) is 195 Å². The summed E-state index contributed by atoms with van der Waals surface area (Å²) in [5, 5.41) is 1.31. The van der Waals surface area contributed by atoms with E-state index in [2.05, 4.69) is 324 Å². The van der Waals surface area contributed by atoms with Crippen molar-refractivity contribution in [3.8, 4) is 22.3 Å². The predicted molar refractivity (Wildman–Crippen MR) is 424 cm³/mol. The number of benzene rings is 11. The smallest absolute Gasteiger partial charge is 0.264 e. The van der Waals surface area contributed by atoms with Gasteiger partial charge in [-0.1, -0.05) is 175 Å². The second-order valence-corrected chi connectivity index (χ2v) is 33.7.